The second-order valence-corrected chi connectivity index (χ2v) is 5.21. The van der Waals surface area contributed by atoms with E-state index < -0.39 is 0 Å². The highest BCUT2D eigenvalue weighted by atomic mass is 15.1. The molecule has 0 spiro atoms. The average Bonchev–Trinajstić information content (AvgIpc) is 2.83. The lowest BCUT2D eigenvalue weighted by molar-refractivity contribution is 0.229. The highest BCUT2D eigenvalue weighted by Crippen LogP contribution is 2.19. The third-order valence-corrected chi connectivity index (χ3v) is 3.86. The van der Waals surface area contributed by atoms with E-state index in [1.807, 2.05) is 0 Å². The Hall–Kier alpha value is -0.340. The number of hydrogen-bond acceptors (Lipinski definition) is 2. The van der Waals surface area contributed by atoms with Gasteiger partial charge in [0, 0.05) is 13.1 Å². The highest BCUT2D eigenvalue weighted by molar-refractivity contribution is 4.96. The monoisotopic (exact) mass is 222 g/mol. The molecule has 1 aliphatic heterocycles. The zero-order chi connectivity index (χ0) is 11.1. The first-order chi connectivity index (χ1) is 7.95. The fourth-order valence-electron chi connectivity index (χ4n) is 2.77. The van der Waals surface area contributed by atoms with Crippen molar-refractivity contribution in [1.29, 1.82) is 0 Å². The van der Waals surface area contributed by atoms with Crippen LogP contribution in [-0.2, 0) is 0 Å². The quantitative estimate of drug-likeness (QED) is 0.548. The van der Waals surface area contributed by atoms with Crippen LogP contribution in [0.15, 0.2) is 12.2 Å². The van der Waals surface area contributed by atoms with E-state index in [9.17, 15) is 0 Å². The maximum absolute atomic E-state index is 3.58. The lowest BCUT2D eigenvalue weighted by Gasteiger charge is -2.26. The minimum atomic E-state index is 0.863. The van der Waals surface area contributed by atoms with Crippen LogP contribution in [0.3, 0.4) is 0 Å². The van der Waals surface area contributed by atoms with E-state index in [4.69, 9.17) is 0 Å². The molecule has 1 aliphatic carbocycles. The largest absolute Gasteiger partial charge is 0.315 e. The van der Waals surface area contributed by atoms with Gasteiger partial charge < -0.3 is 10.2 Å². The SMILES string of the molecule is C1=CC(CCNCCN2CCCCC2)CC1. The normalized spacial score (nSPS) is 26.4. The van der Waals surface area contributed by atoms with Crippen LogP contribution in [0, 0.1) is 5.92 Å². The molecule has 1 saturated heterocycles. The fraction of sp³-hybridized carbons (Fsp3) is 0.857. The number of nitrogens with one attached hydrogen (secondary N) is 1. The summed E-state index contributed by atoms with van der Waals surface area (Å²) in [5.74, 6) is 0.863. The predicted molar refractivity (Wildman–Crippen MR) is 69.6 cm³/mol. The van der Waals surface area contributed by atoms with Gasteiger partial charge in [-0.2, -0.15) is 0 Å². The van der Waals surface area contributed by atoms with Crippen LogP contribution in [0.25, 0.3) is 0 Å². The molecule has 0 amide bonds. The molecule has 0 aromatic carbocycles. The van der Waals surface area contributed by atoms with Gasteiger partial charge in [-0.25, -0.2) is 0 Å². The van der Waals surface area contributed by atoms with Gasteiger partial charge in [0.25, 0.3) is 0 Å². The van der Waals surface area contributed by atoms with Gasteiger partial charge in [0.2, 0.25) is 0 Å². The first kappa shape index (κ1) is 12.1. The highest BCUT2D eigenvalue weighted by Gasteiger charge is 2.10. The van der Waals surface area contributed by atoms with Gasteiger partial charge in [0.05, 0.1) is 0 Å². The van der Waals surface area contributed by atoms with Crippen LogP contribution in [-0.4, -0.2) is 37.6 Å². The predicted octanol–water partition coefficient (Wildman–Crippen LogP) is 2.42. The minimum absolute atomic E-state index is 0.863. The van der Waals surface area contributed by atoms with Gasteiger partial charge in [0.1, 0.15) is 0 Å². The smallest absolute Gasteiger partial charge is 0.0107 e. The lowest BCUT2D eigenvalue weighted by atomic mass is 10.1. The summed E-state index contributed by atoms with van der Waals surface area (Å²) in [7, 11) is 0. The van der Waals surface area contributed by atoms with Crippen molar-refractivity contribution >= 4 is 0 Å². The Morgan fingerprint density at radius 2 is 2.00 bits per heavy atom. The van der Waals surface area contributed by atoms with E-state index in [-0.39, 0.29) is 0 Å². The summed E-state index contributed by atoms with van der Waals surface area (Å²) in [6.07, 6.45) is 13.0. The number of rotatable bonds is 6. The van der Waals surface area contributed by atoms with Crippen LogP contribution in [0.5, 0.6) is 0 Å². The van der Waals surface area contributed by atoms with Gasteiger partial charge in [-0.05, 0) is 57.7 Å². The second kappa shape index (κ2) is 7.08. The maximum atomic E-state index is 3.58. The van der Waals surface area contributed by atoms with E-state index in [2.05, 4.69) is 22.4 Å². The molecule has 0 bridgehead atoms. The Bertz CT molecular complexity index is 207. The summed E-state index contributed by atoms with van der Waals surface area (Å²) in [4.78, 5) is 2.60. The topological polar surface area (TPSA) is 15.3 Å². The molecule has 0 radical (unpaired) electrons. The molecule has 16 heavy (non-hydrogen) atoms. The van der Waals surface area contributed by atoms with Gasteiger partial charge >= 0.3 is 0 Å². The summed E-state index contributed by atoms with van der Waals surface area (Å²) < 4.78 is 0. The van der Waals surface area contributed by atoms with Crippen molar-refractivity contribution in [2.45, 2.75) is 38.5 Å². The Kier molecular flexibility index (Phi) is 5.36. The van der Waals surface area contributed by atoms with Crippen LogP contribution in [0.2, 0.25) is 0 Å². The fourth-order valence-corrected chi connectivity index (χ4v) is 2.77. The van der Waals surface area contributed by atoms with Crippen LogP contribution in [0.4, 0.5) is 0 Å². The van der Waals surface area contributed by atoms with Crippen LogP contribution >= 0.6 is 0 Å². The molecule has 0 aromatic heterocycles. The van der Waals surface area contributed by atoms with E-state index in [0.29, 0.717) is 0 Å². The molecule has 0 saturated carbocycles. The Morgan fingerprint density at radius 1 is 1.12 bits per heavy atom. The third kappa shape index (κ3) is 4.26. The molecule has 2 aliphatic rings. The van der Waals surface area contributed by atoms with Gasteiger partial charge in [-0.1, -0.05) is 18.6 Å². The van der Waals surface area contributed by atoms with Crippen molar-refractivity contribution in [1.82, 2.24) is 10.2 Å². The average molecular weight is 222 g/mol. The van der Waals surface area contributed by atoms with E-state index in [0.717, 1.165) is 5.92 Å². The molecule has 1 heterocycles. The molecule has 0 aromatic rings. The first-order valence-electron chi connectivity index (χ1n) is 7.05. The Labute approximate surface area is 100 Å². The van der Waals surface area contributed by atoms with Crippen LogP contribution < -0.4 is 5.32 Å². The van der Waals surface area contributed by atoms with Crippen molar-refractivity contribution in [2.24, 2.45) is 5.92 Å². The van der Waals surface area contributed by atoms with Crippen molar-refractivity contribution in [3.05, 3.63) is 12.2 Å². The lowest BCUT2D eigenvalue weighted by Crippen LogP contribution is -2.36. The number of allylic oxidation sites excluding steroid dienone is 2. The number of piperidine rings is 1. The second-order valence-electron chi connectivity index (χ2n) is 5.21. The van der Waals surface area contributed by atoms with Crippen LogP contribution in [0.1, 0.15) is 38.5 Å². The molecular weight excluding hydrogens is 196 g/mol. The summed E-state index contributed by atoms with van der Waals surface area (Å²) in [5.41, 5.74) is 0. The molecule has 2 rings (SSSR count). The zero-order valence-electron chi connectivity index (χ0n) is 10.5. The standard InChI is InChI=1S/C14H26N2/c1-4-11-16(12-5-1)13-10-15-9-8-14-6-2-3-7-14/h2,6,14-15H,1,3-5,7-13H2. The molecule has 1 N–H and O–H groups in total. The Balaban J connectivity index is 1.43. The molecule has 2 heteroatoms. The van der Waals surface area contributed by atoms with Gasteiger partial charge in [-0.15, -0.1) is 0 Å². The summed E-state index contributed by atoms with van der Waals surface area (Å²) in [6.45, 7) is 6.28. The van der Waals surface area contributed by atoms with Gasteiger partial charge in [-0.3, -0.25) is 0 Å². The number of nitrogens with zero attached hydrogens (tertiary/aromatic N) is 1. The molecule has 2 nitrogen and oxygen atoms in total. The number of likely N-dealkylation sites (tertiary alicyclic amines) is 1. The Morgan fingerprint density at radius 3 is 2.75 bits per heavy atom. The molecule has 1 unspecified atom stereocenters. The number of hydrogen-bond donors (Lipinski definition) is 1. The van der Waals surface area contributed by atoms with Crippen molar-refractivity contribution in [3.8, 4) is 0 Å². The van der Waals surface area contributed by atoms with E-state index in [1.54, 1.807) is 0 Å². The molecule has 1 fully saturated rings. The van der Waals surface area contributed by atoms with Crippen molar-refractivity contribution < 1.29 is 0 Å². The maximum Gasteiger partial charge on any atom is 0.0107 e. The summed E-state index contributed by atoms with van der Waals surface area (Å²) in [6, 6.07) is 0. The van der Waals surface area contributed by atoms with E-state index in [1.165, 1.54) is 71.2 Å². The molecule has 1 atom stereocenters. The van der Waals surface area contributed by atoms with E-state index >= 15 is 0 Å². The van der Waals surface area contributed by atoms with Crippen molar-refractivity contribution in [3.63, 3.8) is 0 Å². The summed E-state index contributed by atoms with van der Waals surface area (Å²) in [5, 5.41) is 3.58. The molecule has 92 valence electrons. The van der Waals surface area contributed by atoms with Crippen molar-refractivity contribution in [2.75, 3.05) is 32.7 Å². The third-order valence-electron chi connectivity index (χ3n) is 3.86. The van der Waals surface area contributed by atoms with Gasteiger partial charge in [0.15, 0.2) is 0 Å². The first-order valence-corrected chi connectivity index (χ1v) is 7.05. The molecular formula is C14H26N2. The zero-order valence-corrected chi connectivity index (χ0v) is 10.5. The summed E-state index contributed by atoms with van der Waals surface area (Å²) >= 11 is 0. The minimum Gasteiger partial charge on any atom is -0.315 e.